The van der Waals surface area contributed by atoms with Crippen molar-refractivity contribution in [1.29, 1.82) is 0 Å². The van der Waals surface area contributed by atoms with E-state index in [-0.39, 0.29) is 5.91 Å². The Kier molecular flexibility index (Phi) is 4.04. The summed E-state index contributed by atoms with van der Waals surface area (Å²) in [5, 5.41) is 7.36. The second-order valence-electron chi connectivity index (χ2n) is 3.88. The fraction of sp³-hybridized carbons (Fsp3) is 0.154. The van der Waals surface area contributed by atoms with E-state index in [0.717, 1.165) is 10.0 Å². The van der Waals surface area contributed by atoms with E-state index >= 15 is 0 Å². The maximum Gasteiger partial charge on any atom is 0.255 e. The maximum atomic E-state index is 12.1. The van der Waals surface area contributed by atoms with Crippen molar-refractivity contribution in [2.24, 2.45) is 0 Å². The van der Waals surface area contributed by atoms with Gasteiger partial charge in [-0.05, 0) is 17.7 Å². The van der Waals surface area contributed by atoms with Crippen molar-refractivity contribution in [2.75, 3.05) is 7.05 Å². The zero-order chi connectivity index (χ0) is 13.0. The van der Waals surface area contributed by atoms with Gasteiger partial charge in [0.2, 0.25) is 0 Å². The zero-order valence-corrected chi connectivity index (χ0v) is 11.5. The number of halogens is 1. The third kappa shape index (κ3) is 2.92. The molecule has 0 saturated heterocycles. The molecule has 0 fully saturated rings. The highest BCUT2D eigenvalue weighted by molar-refractivity contribution is 9.10. The standard InChI is InChI=1S/C13H12BrN3O/c1-17(9-11-4-2-3-5-12(11)14)13(18)10-6-7-15-16-8-10/h2-8H,9H2,1H3. The van der Waals surface area contributed by atoms with Crippen molar-refractivity contribution in [2.45, 2.75) is 6.54 Å². The highest BCUT2D eigenvalue weighted by Gasteiger charge is 2.13. The van der Waals surface area contributed by atoms with E-state index in [9.17, 15) is 4.79 Å². The van der Waals surface area contributed by atoms with Crippen LogP contribution in [0.5, 0.6) is 0 Å². The lowest BCUT2D eigenvalue weighted by Crippen LogP contribution is -2.26. The molecule has 0 atom stereocenters. The lowest BCUT2D eigenvalue weighted by atomic mass is 10.2. The molecule has 0 unspecified atom stereocenters. The summed E-state index contributed by atoms with van der Waals surface area (Å²) in [6, 6.07) is 9.50. The Labute approximate surface area is 114 Å². The van der Waals surface area contributed by atoms with Crippen LogP contribution in [-0.4, -0.2) is 28.1 Å². The Balaban J connectivity index is 2.11. The van der Waals surface area contributed by atoms with Gasteiger partial charge in [0, 0.05) is 18.1 Å². The molecular formula is C13H12BrN3O. The molecule has 0 N–H and O–H groups in total. The van der Waals surface area contributed by atoms with Crippen LogP contribution in [0.4, 0.5) is 0 Å². The molecule has 92 valence electrons. The first kappa shape index (κ1) is 12.7. The summed E-state index contributed by atoms with van der Waals surface area (Å²) in [5.41, 5.74) is 1.61. The molecule has 0 saturated carbocycles. The molecule has 2 rings (SSSR count). The molecular weight excluding hydrogens is 294 g/mol. The Bertz CT molecular complexity index is 545. The second-order valence-corrected chi connectivity index (χ2v) is 4.74. The molecule has 0 aliphatic carbocycles. The van der Waals surface area contributed by atoms with Gasteiger partial charge in [0.05, 0.1) is 18.0 Å². The highest BCUT2D eigenvalue weighted by atomic mass is 79.9. The molecule has 18 heavy (non-hydrogen) atoms. The van der Waals surface area contributed by atoms with Crippen molar-refractivity contribution in [3.05, 3.63) is 58.3 Å². The molecule has 1 aromatic carbocycles. The zero-order valence-electron chi connectivity index (χ0n) is 9.88. The van der Waals surface area contributed by atoms with E-state index in [1.54, 1.807) is 18.0 Å². The normalized spacial score (nSPS) is 10.1. The number of aromatic nitrogens is 2. The second kappa shape index (κ2) is 5.73. The monoisotopic (exact) mass is 305 g/mol. The quantitative estimate of drug-likeness (QED) is 0.875. The van der Waals surface area contributed by atoms with E-state index in [1.165, 1.54) is 12.4 Å². The lowest BCUT2D eigenvalue weighted by molar-refractivity contribution is 0.0784. The van der Waals surface area contributed by atoms with Crippen LogP contribution in [-0.2, 0) is 6.54 Å². The average Bonchev–Trinajstić information content (AvgIpc) is 2.41. The third-order valence-electron chi connectivity index (χ3n) is 2.54. The van der Waals surface area contributed by atoms with Crippen LogP contribution in [0.15, 0.2) is 47.2 Å². The molecule has 1 aromatic heterocycles. The average molecular weight is 306 g/mol. The minimum atomic E-state index is -0.0688. The predicted octanol–water partition coefficient (Wildman–Crippen LogP) is 2.51. The van der Waals surface area contributed by atoms with Crippen molar-refractivity contribution in [3.8, 4) is 0 Å². The van der Waals surface area contributed by atoms with E-state index in [2.05, 4.69) is 26.1 Å². The molecule has 4 nitrogen and oxygen atoms in total. The van der Waals surface area contributed by atoms with Gasteiger partial charge in [-0.1, -0.05) is 34.1 Å². The number of rotatable bonds is 3. The van der Waals surface area contributed by atoms with Gasteiger partial charge in [-0.25, -0.2) is 0 Å². The van der Waals surface area contributed by atoms with Gasteiger partial charge in [-0.2, -0.15) is 10.2 Å². The SMILES string of the molecule is CN(Cc1ccccc1Br)C(=O)c1ccnnc1. The van der Waals surface area contributed by atoms with Gasteiger partial charge in [-0.15, -0.1) is 0 Å². The molecule has 2 aromatic rings. The first-order chi connectivity index (χ1) is 8.68. The molecule has 5 heteroatoms. The number of nitrogens with zero attached hydrogens (tertiary/aromatic N) is 3. The van der Waals surface area contributed by atoms with Crippen molar-refractivity contribution in [1.82, 2.24) is 15.1 Å². The van der Waals surface area contributed by atoms with E-state index < -0.39 is 0 Å². The van der Waals surface area contributed by atoms with Gasteiger partial charge >= 0.3 is 0 Å². The number of hydrogen-bond donors (Lipinski definition) is 0. The van der Waals surface area contributed by atoms with E-state index in [1.807, 2.05) is 24.3 Å². The Morgan fingerprint density at radius 2 is 2.06 bits per heavy atom. The predicted molar refractivity (Wildman–Crippen MR) is 72.0 cm³/mol. The molecule has 0 aliphatic heterocycles. The largest absolute Gasteiger partial charge is 0.337 e. The fourth-order valence-electron chi connectivity index (χ4n) is 1.59. The van der Waals surface area contributed by atoms with Gasteiger partial charge < -0.3 is 4.90 Å². The van der Waals surface area contributed by atoms with E-state index in [0.29, 0.717) is 12.1 Å². The smallest absolute Gasteiger partial charge is 0.255 e. The van der Waals surface area contributed by atoms with Crippen LogP contribution in [0.2, 0.25) is 0 Å². The molecule has 1 amide bonds. The number of benzene rings is 1. The summed E-state index contributed by atoms with van der Waals surface area (Å²) in [7, 11) is 1.77. The van der Waals surface area contributed by atoms with Gasteiger partial charge in [0.25, 0.3) is 5.91 Å². The summed E-state index contributed by atoms with van der Waals surface area (Å²) in [4.78, 5) is 13.8. The van der Waals surface area contributed by atoms with Crippen LogP contribution in [0.3, 0.4) is 0 Å². The van der Waals surface area contributed by atoms with Crippen molar-refractivity contribution < 1.29 is 4.79 Å². The highest BCUT2D eigenvalue weighted by Crippen LogP contribution is 2.17. The van der Waals surface area contributed by atoms with Crippen LogP contribution in [0.1, 0.15) is 15.9 Å². The van der Waals surface area contributed by atoms with Crippen molar-refractivity contribution in [3.63, 3.8) is 0 Å². The van der Waals surface area contributed by atoms with Gasteiger partial charge in [0.1, 0.15) is 0 Å². The fourth-order valence-corrected chi connectivity index (χ4v) is 2.00. The minimum Gasteiger partial charge on any atom is -0.337 e. The minimum absolute atomic E-state index is 0.0688. The number of hydrogen-bond acceptors (Lipinski definition) is 3. The lowest BCUT2D eigenvalue weighted by Gasteiger charge is -2.17. The summed E-state index contributed by atoms with van der Waals surface area (Å²) in [6.45, 7) is 0.544. The third-order valence-corrected chi connectivity index (χ3v) is 3.32. The van der Waals surface area contributed by atoms with Crippen LogP contribution in [0.25, 0.3) is 0 Å². The van der Waals surface area contributed by atoms with Crippen molar-refractivity contribution >= 4 is 21.8 Å². The van der Waals surface area contributed by atoms with Crippen LogP contribution in [0, 0.1) is 0 Å². The first-order valence-corrected chi connectivity index (χ1v) is 6.23. The van der Waals surface area contributed by atoms with Crippen LogP contribution >= 0.6 is 15.9 Å². The molecule has 1 heterocycles. The Morgan fingerprint density at radius 1 is 1.28 bits per heavy atom. The molecule has 0 aliphatic rings. The van der Waals surface area contributed by atoms with Gasteiger partial charge in [0.15, 0.2) is 0 Å². The number of amides is 1. The summed E-state index contributed by atoms with van der Waals surface area (Å²) in [6.07, 6.45) is 2.98. The summed E-state index contributed by atoms with van der Waals surface area (Å²) < 4.78 is 0.998. The maximum absolute atomic E-state index is 12.1. The van der Waals surface area contributed by atoms with Crippen LogP contribution < -0.4 is 0 Å². The number of carbonyl (C=O) groups excluding carboxylic acids is 1. The van der Waals surface area contributed by atoms with E-state index in [4.69, 9.17) is 0 Å². The topological polar surface area (TPSA) is 46.1 Å². The van der Waals surface area contributed by atoms with Gasteiger partial charge in [-0.3, -0.25) is 4.79 Å². The molecule has 0 spiro atoms. The number of carbonyl (C=O) groups is 1. The first-order valence-electron chi connectivity index (χ1n) is 5.44. The Hall–Kier alpha value is -1.75. The summed E-state index contributed by atoms with van der Waals surface area (Å²) in [5.74, 6) is -0.0688. The molecule has 0 radical (unpaired) electrons. The molecule has 0 bridgehead atoms. The summed E-state index contributed by atoms with van der Waals surface area (Å²) >= 11 is 3.47. The Morgan fingerprint density at radius 3 is 2.72 bits per heavy atom.